The normalized spacial score (nSPS) is 10.8. The number of alkyl halides is 3. The SMILES string of the molecule is Cc1c([N+](=O)[O-])ncc(CC#N)c1OC(F)(F)F. The second kappa shape index (κ2) is 4.87. The van der Waals surface area contributed by atoms with Crippen molar-refractivity contribution < 1.29 is 22.8 Å². The summed E-state index contributed by atoms with van der Waals surface area (Å²) in [5.41, 5.74) is -0.525. The maximum absolute atomic E-state index is 12.2. The van der Waals surface area contributed by atoms with Crippen LogP contribution in [-0.4, -0.2) is 16.3 Å². The van der Waals surface area contributed by atoms with E-state index in [4.69, 9.17) is 5.26 Å². The third-order valence-corrected chi connectivity index (χ3v) is 1.97. The molecule has 0 saturated carbocycles. The fourth-order valence-electron chi connectivity index (χ4n) is 1.29. The van der Waals surface area contributed by atoms with E-state index in [1.54, 1.807) is 6.07 Å². The highest BCUT2D eigenvalue weighted by Gasteiger charge is 2.35. The second-order valence-electron chi connectivity index (χ2n) is 3.20. The van der Waals surface area contributed by atoms with Gasteiger partial charge in [0.05, 0.1) is 23.6 Å². The number of nitro groups is 1. The van der Waals surface area contributed by atoms with E-state index in [1.807, 2.05) is 0 Å². The van der Waals surface area contributed by atoms with Gasteiger partial charge in [0.1, 0.15) is 11.9 Å². The summed E-state index contributed by atoms with van der Waals surface area (Å²) in [6, 6.07) is 1.63. The lowest BCUT2D eigenvalue weighted by atomic mass is 10.1. The lowest BCUT2D eigenvalue weighted by Crippen LogP contribution is -2.19. The van der Waals surface area contributed by atoms with Crippen molar-refractivity contribution in [3.63, 3.8) is 0 Å². The molecule has 0 aliphatic carbocycles. The minimum atomic E-state index is -5.00. The average molecular weight is 261 g/mol. The quantitative estimate of drug-likeness (QED) is 0.615. The van der Waals surface area contributed by atoms with E-state index < -0.39 is 29.3 Å². The molecule has 0 atom stereocenters. The van der Waals surface area contributed by atoms with Gasteiger partial charge in [-0.05, 0) is 16.8 Å². The van der Waals surface area contributed by atoms with Crippen molar-refractivity contribution in [2.24, 2.45) is 0 Å². The molecule has 0 unspecified atom stereocenters. The molecule has 6 nitrogen and oxygen atoms in total. The molecule has 1 rings (SSSR count). The van der Waals surface area contributed by atoms with E-state index in [2.05, 4.69) is 9.72 Å². The molecule has 0 amide bonds. The predicted octanol–water partition coefficient (Wildman–Crippen LogP) is 2.26. The number of nitrogens with zero attached hydrogens (tertiary/aromatic N) is 3. The molecular formula is C9H6F3N3O3. The van der Waals surface area contributed by atoms with E-state index in [0.29, 0.717) is 0 Å². The molecule has 0 saturated heterocycles. The summed E-state index contributed by atoms with van der Waals surface area (Å²) in [5, 5.41) is 19.0. The highest BCUT2D eigenvalue weighted by atomic mass is 19.4. The molecule has 0 N–H and O–H groups in total. The third kappa shape index (κ3) is 3.07. The highest BCUT2D eigenvalue weighted by molar-refractivity contribution is 5.48. The van der Waals surface area contributed by atoms with Gasteiger partial charge in [-0.15, -0.1) is 13.2 Å². The van der Waals surface area contributed by atoms with Crippen LogP contribution >= 0.6 is 0 Å². The van der Waals surface area contributed by atoms with Crippen LogP contribution in [0.5, 0.6) is 5.75 Å². The number of hydrogen-bond acceptors (Lipinski definition) is 5. The average Bonchev–Trinajstić information content (AvgIpc) is 2.21. The highest BCUT2D eigenvalue weighted by Crippen LogP contribution is 2.33. The first kappa shape index (κ1) is 13.7. The zero-order valence-electron chi connectivity index (χ0n) is 8.98. The Morgan fingerprint density at radius 1 is 1.61 bits per heavy atom. The van der Waals surface area contributed by atoms with Gasteiger partial charge in [-0.3, -0.25) is 0 Å². The third-order valence-electron chi connectivity index (χ3n) is 1.97. The first-order valence-electron chi connectivity index (χ1n) is 4.52. The lowest BCUT2D eigenvalue weighted by molar-refractivity contribution is -0.390. The summed E-state index contributed by atoms with van der Waals surface area (Å²) < 4.78 is 40.2. The molecular weight excluding hydrogens is 255 g/mol. The minimum Gasteiger partial charge on any atom is -0.405 e. The maximum atomic E-state index is 12.2. The smallest absolute Gasteiger partial charge is 0.405 e. The summed E-state index contributed by atoms with van der Waals surface area (Å²) in [4.78, 5) is 13.0. The van der Waals surface area contributed by atoms with Gasteiger partial charge in [-0.1, -0.05) is 0 Å². The molecule has 0 aliphatic heterocycles. The molecule has 0 bridgehead atoms. The van der Waals surface area contributed by atoms with Crippen LogP contribution in [0.4, 0.5) is 19.0 Å². The Balaban J connectivity index is 3.36. The number of hydrogen-bond donors (Lipinski definition) is 0. The van der Waals surface area contributed by atoms with Gasteiger partial charge in [0.15, 0.2) is 0 Å². The molecule has 1 heterocycles. The van der Waals surface area contributed by atoms with Crippen molar-refractivity contribution in [1.29, 1.82) is 5.26 Å². The van der Waals surface area contributed by atoms with E-state index in [9.17, 15) is 23.3 Å². The minimum absolute atomic E-state index is 0.155. The number of rotatable bonds is 3. The van der Waals surface area contributed by atoms with E-state index in [1.165, 1.54) is 0 Å². The standard InChI is InChI=1S/C9H6F3N3O3/c1-5-7(18-9(10,11)12)6(2-3-13)4-14-8(5)15(16)17/h4H,2H2,1H3. The Hall–Kier alpha value is -2.37. The Morgan fingerprint density at radius 3 is 2.67 bits per heavy atom. The summed E-state index contributed by atoms with van der Waals surface area (Å²) in [6.45, 7) is 1.08. The fourth-order valence-corrected chi connectivity index (χ4v) is 1.29. The zero-order valence-corrected chi connectivity index (χ0v) is 8.98. The van der Waals surface area contributed by atoms with Crippen LogP contribution in [0.15, 0.2) is 6.20 Å². The molecule has 0 radical (unpaired) electrons. The predicted molar refractivity (Wildman–Crippen MR) is 51.6 cm³/mol. The fraction of sp³-hybridized carbons (Fsp3) is 0.333. The molecule has 96 valence electrons. The molecule has 1 aromatic heterocycles. The van der Waals surface area contributed by atoms with Gasteiger partial charge >= 0.3 is 12.2 Å². The number of halogens is 3. The molecule has 0 spiro atoms. The van der Waals surface area contributed by atoms with Crippen LogP contribution in [0.3, 0.4) is 0 Å². The van der Waals surface area contributed by atoms with Gasteiger partial charge in [0, 0.05) is 0 Å². The van der Waals surface area contributed by atoms with E-state index in [0.717, 1.165) is 13.1 Å². The second-order valence-corrected chi connectivity index (χ2v) is 3.20. The molecule has 0 aliphatic rings. The van der Waals surface area contributed by atoms with Crippen LogP contribution in [0.2, 0.25) is 0 Å². The Labute approximate surface area is 98.8 Å². The van der Waals surface area contributed by atoms with Crippen molar-refractivity contribution in [2.75, 3.05) is 0 Å². The Kier molecular flexibility index (Phi) is 3.70. The number of aromatic nitrogens is 1. The summed E-state index contributed by atoms with van der Waals surface area (Å²) >= 11 is 0. The molecule has 0 aromatic carbocycles. The van der Waals surface area contributed by atoms with Gasteiger partial charge in [0.2, 0.25) is 0 Å². The maximum Gasteiger partial charge on any atom is 0.573 e. The Bertz CT molecular complexity index is 522. The van der Waals surface area contributed by atoms with Crippen LogP contribution in [0.25, 0.3) is 0 Å². The Morgan fingerprint density at radius 2 is 2.22 bits per heavy atom. The summed E-state index contributed by atoms with van der Waals surface area (Å²) in [6.07, 6.45) is -4.56. The monoisotopic (exact) mass is 261 g/mol. The van der Waals surface area contributed by atoms with Gasteiger partial charge < -0.3 is 14.9 Å². The molecule has 1 aromatic rings. The molecule has 18 heavy (non-hydrogen) atoms. The van der Waals surface area contributed by atoms with E-state index in [-0.39, 0.29) is 11.1 Å². The van der Waals surface area contributed by atoms with E-state index >= 15 is 0 Å². The first-order valence-corrected chi connectivity index (χ1v) is 4.52. The number of ether oxygens (including phenoxy) is 1. The van der Waals surface area contributed by atoms with Gasteiger partial charge in [-0.25, -0.2) is 0 Å². The largest absolute Gasteiger partial charge is 0.573 e. The first-order chi connectivity index (χ1) is 8.26. The summed E-state index contributed by atoms with van der Waals surface area (Å²) in [5.74, 6) is -1.48. The van der Waals surface area contributed by atoms with Crippen molar-refractivity contribution in [3.8, 4) is 11.8 Å². The van der Waals surface area contributed by atoms with Crippen LogP contribution < -0.4 is 4.74 Å². The number of pyridine rings is 1. The van der Waals surface area contributed by atoms with Crippen LogP contribution in [0.1, 0.15) is 11.1 Å². The van der Waals surface area contributed by atoms with Crippen LogP contribution in [0, 0.1) is 28.4 Å². The van der Waals surface area contributed by atoms with Crippen molar-refractivity contribution >= 4 is 5.82 Å². The van der Waals surface area contributed by atoms with Gasteiger partial charge in [-0.2, -0.15) is 5.26 Å². The number of nitriles is 1. The molecule has 0 fully saturated rings. The topological polar surface area (TPSA) is 89.0 Å². The van der Waals surface area contributed by atoms with Crippen molar-refractivity contribution in [2.45, 2.75) is 19.7 Å². The molecule has 9 heteroatoms. The van der Waals surface area contributed by atoms with Crippen molar-refractivity contribution in [1.82, 2.24) is 4.98 Å². The van der Waals surface area contributed by atoms with Gasteiger partial charge in [0.25, 0.3) is 0 Å². The zero-order chi connectivity index (χ0) is 13.9. The lowest BCUT2D eigenvalue weighted by Gasteiger charge is -2.13. The van der Waals surface area contributed by atoms with Crippen molar-refractivity contribution in [3.05, 3.63) is 27.4 Å². The van der Waals surface area contributed by atoms with Crippen LogP contribution in [-0.2, 0) is 6.42 Å². The summed E-state index contributed by atoms with van der Waals surface area (Å²) in [7, 11) is 0.